The molecule has 0 N–H and O–H groups in total. The predicted octanol–water partition coefficient (Wildman–Crippen LogP) is 2.44. The number of carbonyl (C=O) groups is 2. The minimum atomic E-state index is -0.466. The van der Waals surface area contributed by atoms with Crippen LogP contribution in [0.15, 0.2) is 36.5 Å². The molecule has 0 aliphatic heterocycles. The van der Waals surface area contributed by atoms with Gasteiger partial charge in [-0.2, -0.15) is 0 Å². The lowest BCUT2D eigenvalue weighted by Crippen LogP contribution is -2.22. The summed E-state index contributed by atoms with van der Waals surface area (Å²) in [5, 5.41) is 0. The van der Waals surface area contributed by atoms with Crippen molar-refractivity contribution in [2.75, 3.05) is 0 Å². The quantitative estimate of drug-likeness (QED) is 0.644. The van der Waals surface area contributed by atoms with E-state index in [1.807, 2.05) is 13.0 Å². The molecule has 1 aliphatic rings. The molecule has 0 saturated carbocycles. The third-order valence-corrected chi connectivity index (χ3v) is 3.01. The maximum Gasteiger partial charge on any atom is 0.235 e. The van der Waals surface area contributed by atoms with Crippen molar-refractivity contribution in [2.45, 2.75) is 6.92 Å². The van der Waals surface area contributed by atoms with Crippen molar-refractivity contribution < 1.29 is 9.59 Å². The Balaban J connectivity index is 2.45. The van der Waals surface area contributed by atoms with Crippen molar-refractivity contribution in [2.24, 2.45) is 0 Å². The van der Waals surface area contributed by atoms with E-state index < -0.39 is 11.6 Å². The van der Waals surface area contributed by atoms with E-state index in [0.29, 0.717) is 16.8 Å². The van der Waals surface area contributed by atoms with Gasteiger partial charge in [-0.05, 0) is 24.6 Å². The molecule has 3 rings (SSSR count). The molecule has 1 aromatic carbocycles. The van der Waals surface area contributed by atoms with E-state index in [2.05, 4.69) is 4.98 Å². The monoisotopic (exact) mass is 223 g/mol. The molecule has 0 amide bonds. The fourth-order valence-electron chi connectivity index (χ4n) is 2.20. The molecule has 17 heavy (non-hydrogen) atoms. The zero-order chi connectivity index (χ0) is 12.0. The fraction of sp³-hybridized carbons (Fsp3) is 0.0714. The van der Waals surface area contributed by atoms with E-state index in [4.69, 9.17) is 0 Å². The number of aromatic nitrogens is 1. The summed E-state index contributed by atoms with van der Waals surface area (Å²) in [6.45, 7) is 1.92. The van der Waals surface area contributed by atoms with Gasteiger partial charge >= 0.3 is 0 Å². The van der Waals surface area contributed by atoms with Crippen molar-refractivity contribution >= 4 is 11.6 Å². The van der Waals surface area contributed by atoms with Gasteiger partial charge < -0.3 is 0 Å². The zero-order valence-electron chi connectivity index (χ0n) is 9.23. The number of pyridine rings is 1. The lowest BCUT2D eigenvalue weighted by molar-refractivity contribution is 0.0815. The number of nitrogens with zero attached hydrogens (tertiary/aromatic N) is 1. The van der Waals surface area contributed by atoms with Gasteiger partial charge in [0, 0.05) is 17.3 Å². The number of hydrogen-bond acceptors (Lipinski definition) is 3. The molecular weight excluding hydrogens is 214 g/mol. The maximum atomic E-state index is 12.0. The molecule has 0 radical (unpaired) electrons. The molecule has 0 spiro atoms. The molecule has 2 aromatic rings. The first-order chi connectivity index (χ1) is 8.20. The summed E-state index contributed by atoms with van der Waals surface area (Å²) in [4.78, 5) is 28.1. The van der Waals surface area contributed by atoms with Gasteiger partial charge in [0.15, 0.2) is 0 Å². The Bertz CT molecular complexity index is 659. The standard InChI is InChI=1S/C14H9NO2/c1-8-4-2-5-9-11(8)12-10(6-3-7-15-12)14(17)13(9)16/h2-7H,1H3. The summed E-state index contributed by atoms with van der Waals surface area (Å²) in [6, 6.07) is 8.71. The van der Waals surface area contributed by atoms with Crippen LogP contribution in [0, 0.1) is 6.92 Å². The smallest absolute Gasteiger partial charge is 0.235 e. The number of aryl methyl sites for hydroxylation is 1. The third kappa shape index (κ3) is 1.25. The minimum Gasteiger partial charge on any atom is -0.285 e. The Labute approximate surface area is 98.1 Å². The first-order valence-corrected chi connectivity index (χ1v) is 5.34. The lowest BCUT2D eigenvalue weighted by atomic mass is 9.85. The molecule has 1 heterocycles. The summed E-state index contributed by atoms with van der Waals surface area (Å²) in [5.41, 5.74) is 3.22. The number of carbonyl (C=O) groups excluding carboxylic acids is 2. The van der Waals surface area contributed by atoms with E-state index in [1.54, 1.807) is 30.5 Å². The largest absolute Gasteiger partial charge is 0.285 e. The van der Waals surface area contributed by atoms with Gasteiger partial charge in [0.25, 0.3) is 0 Å². The average molecular weight is 223 g/mol. The molecular formula is C14H9NO2. The van der Waals surface area contributed by atoms with E-state index in [-0.39, 0.29) is 0 Å². The van der Waals surface area contributed by atoms with Crippen molar-refractivity contribution in [3.63, 3.8) is 0 Å². The number of ketones is 2. The van der Waals surface area contributed by atoms with E-state index in [0.717, 1.165) is 11.1 Å². The molecule has 3 heteroatoms. The molecule has 82 valence electrons. The van der Waals surface area contributed by atoms with Crippen LogP contribution in [0.1, 0.15) is 26.3 Å². The zero-order valence-corrected chi connectivity index (χ0v) is 9.23. The number of hydrogen-bond donors (Lipinski definition) is 0. The van der Waals surface area contributed by atoms with Crippen LogP contribution in [-0.2, 0) is 0 Å². The highest BCUT2D eigenvalue weighted by molar-refractivity contribution is 6.52. The van der Waals surface area contributed by atoms with Crippen molar-refractivity contribution in [1.29, 1.82) is 0 Å². The minimum absolute atomic E-state index is 0.402. The van der Waals surface area contributed by atoms with Gasteiger partial charge in [-0.15, -0.1) is 0 Å². The van der Waals surface area contributed by atoms with Crippen LogP contribution in [-0.4, -0.2) is 16.6 Å². The van der Waals surface area contributed by atoms with Gasteiger partial charge in [-0.3, -0.25) is 14.6 Å². The van der Waals surface area contributed by atoms with Gasteiger partial charge in [0.1, 0.15) is 0 Å². The van der Waals surface area contributed by atoms with Crippen LogP contribution < -0.4 is 0 Å². The van der Waals surface area contributed by atoms with Crippen molar-refractivity contribution in [1.82, 2.24) is 4.98 Å². The number of benzene rings is 1. The summed E-state index contributed by atoms with van der Waals surface area (Å²) in [7, 11) is 0. The Morgan fingerprint density at radius 1 is 0.941 bits per heavy atom. The molecule has 1 aromatic heterocycles. The predicted molar refractivity (Wildman–Crippen MR) is 63.1 cm³/mol. The van der Waals surface area contributed by atoms with Crippen LogP contribution in [0.2, 0.25) is 0 Å². The molecule has 0 fully saturated rings. The SMILES string of the molecule is Cc1cccc2c1-c1ncccc1C(=O)C2=O. The Morgan fingerprint density at radius 2 is 1.65 bits per heavy atom. The summed E-state index contributed by atoms with van der Waals surface area (Å²) >= 11 is 0. The Morgan fingerprint density at radius 3 is 2.47 bits per heavy atom. The highest BCUT2D eigenvalue weighted by Gasteiger charge is 2.31. The van der Waals surface area contributed by atoms with Gasteiger partial charge in [0.2, 0.25) is 11.6 Å². The molecule has 1 aliphatic carbocycles. The molecule has 0 bridgehead atoms. The Kier molecular flexibility index (Phi) is 1.95. The maximum absolute atomic E-state index is 12.0. The molecule has 0 saturated heterocycles. The van der Waals surface area contributed by atoms with E-state index >= 15 is 0 Å². The van der Waals surface area contributed by atoms with Crippen LogP contribution in [0.25, 0.3) is 11.3 Å². The second-order valence-corrected chi connectivity index (χ2v) is 4.06. The third-order valence-electron chi connectivity index (χ3n) is 3.01. The Hall–Kier alpha value is -2.29. The van der Waals surface area contributed by atoms with E-state index in [9.17, 15) is 9.59 Å². The molecule has 0 atom stereocenters. The summed E-state index contributed by atoms with van der Waals surface area (Å²) < 4.78 is 0. The normalized spacial score (nSPS) is 13.2. The van der Waals surface area contributed by atoms with Crippen LogP contribution in [0.3, 0.4) is 0 Å². The van der Waals surface area contributed by atoms with Gasteiger partial charge in [-0.1, -0.05) is 18.2 Å². The first-order valence-electron chi connectivity index (χ1n) is 5.34. The fourth-order valence-corrected chi connectivity index (χ4v) is 2.20. The molecule has 3 nitrogen and oxygen atoms in total. The van der Waals surface area contributed by atoms with Crippen LogP contribution >= 0.6 is 0 Å². The number of Topliss-reactive ketones (excluding diaryl/α,β-unsaturated/α-hetero) is 2. The van der Waals surface area contributed by atoms with Gasteiger partial charge in [0.05, 0.1) is 11.3 Å². The van der Waals surface area contributed by atoms with Crippen molar-refractivity contribution in [3.05, 3.63) is 53.2 Å². The van der Waals surface area contributed by atoms with E-state index in [1.165, 1.54) is 0 Å². The van der Waals surface area contributed by atoms with Gasteiger partial charge in [-0.25, -0.2) is 0 Å². The number of fused-ring (bicyclic) bond motifs is 3. The highest BCUT2D eigenvalue weighted by atomic mass is 16.2. The first kappa shape index (κ1) is 9.90. The lowest BCUT2D eigenvalue weighted by Gasteiger charge is -2.18. The van der Waals surface area contributed by atoms with Crippen LogP contribution in [0.5, 0.6) is 0 Å². The second kappa shape index (κ2) is 3.35. The van der Waals surface area contributed by atoms with Crippen molar-refractivity contribution in [3.8, 4) is 11.3 Å². The average Bonchev–Trinajstić information content (AvgIpc) is 2.36. The second-order valence-electron chi connectivity index (χ2n) is 4.06. The number of rotatable bonds is 0. The topological polar surface area (TPSA) is 47.0 Å². The summed E-state index contributed by atoms with van der Waals surface area (Å²) in [5.74, 6) is -0.907. The highest BCUT2D eigenvalue weighted by Crippen LogP contribution is 2.33. The molecule has 0 unspecified atom stereocenters. The summed E-state index contributed by atoms with van der Waals surface area (Å²) in [6.07, 6.45) is 1.64. The van der Waals surface area contributed by atoms with Crippen LogP contribution in [0.4, 0.5) is 0 Å².